The van der Waals surface area contributed by atoms with Crippen LogP contribution in [0.25, 0.3) is 33.2 Å². The van der Waals surface area contributed by atoms with E-state index in [-0.39, 0.29) is 0 Å². The van der Waals surface area contributed by atoms with Crippen molar-refractivity contribution in [3.8, 4) is 22.4 Å². The lowest BCUT2D eigenvalue weighted by Gasteiger charge is -2.11. The largest absolute Gasteiger partial charge is 0.260 e. The normalized spacial score (nSPS) is 14.5. The molecule has 0 N–H and O–H groups in total. The lowest BCUT2D eigenvalue weighted by atomic mass is 9.95. The summed E-state index contributed by atoms with van der Waals surface area (Å²) in [5, 5.41) is 2.52. The highest BCUT2D eigenvalue weighted by Gasteiger charge is 2.19. The molecule has 1 fully saturated rings. The van der Waals surface area contributed by atoms with Gasteiger partial charge in [-0.25, -0.2) is 4.57 Å². The van der Waals surface area contributed by atoms with Crippen molar-refractivity contribution in [2.45, 2.75) is 52.4 Å². The summed E-state index contributed by atoms with van der Waals surface area (Å²) in [7, 11) is 2.14. The van der Waals surface area contributed by atoms with Gasteiger partial charge in [-0.3, -0.25) is 4.98 Å². The molecule has 4 aromatic rings. The molecule has 2 aromatic heterocycles. The molecule has 5 rings (SSSR count). The second-order valence-electron chi connectivity index (χ2n) is 9.32. The zero-order valence-corrected chi connectivity index (χ0v) is 19.1. The van der Waals surface area contributed by atoms with Crippen LogP contribution in [0, 0.1) is 20.8 Å². The molecule has 1 saturated carbocycles. The highest BCUT2D eigenvalue weighted by molar-refractivity contribution is 5.88. The first-order chi connectivity index (χ1) is 15.0. The summed E-state index contributed by atoms with van der Waals surface area (Å²) in [4.78, 5) is 4.82. The fraction of sp³-hybridized carbons (Fsp3) is 0.310. The average Bonchev–Trinajstić information content (AvgIpc) is 3.31. The number of rotatable bonds is 3. The molecule has 0 aliphatic heterocycles. The number of nitrogens with zero attached hydrogens (tertiary/aromatic N) is 2. The molecular formula is C29H31N2+. The lowest BCUT2D eigenvalue weighted by Crippen LogP contribution is -2.30. The Kier molecular flexibility index (Phi) is 5.09. The van der Waals surface area contributed by atoms with Crippen LogP contribution in [0.15, 0.2) is 60.9 Å². The van der Waals surface area contributed by atoms with E-state index in [4.69, 9.17) is 4.98 Å². The molecule has 0 unspecified atom stereocenters. The van der Waals surface area contributed by atoms with Gasteiger partial charge in [-0.2, -0.15) is 0 Å². The molecule has 0 atom stereocenters. The molecule has 0 saturated heterocycles. The van der Waals surface area contributed by atoms with Gasteiger partial charge in [-0.15, -0.1) is 0 Å². The molecular weight excluding hydrogens is 376 g/mol. The predicted octanol–water partition coefficient (Wildman–Crippen LogP) is 6.98. The van der Waals surface area contributed by atoms with Gasteiger partial charge in [0.2, 0.25) is 5.69 Å². The Morgan fingerprint density at radius 2 is 1.61 bits per heavy atom. The summed E-state index contributed by atoms with van der Waals surface area (Å²) in [5.74, 6) is 0.661. The Morgan fingerprint density at radius 3 is 2.35 bits per heavy atom. The molecule has 31 heavy (non-hydrogen) atoms. The van der Waals surface area contributed by atoms with E-state index in [1.807, 2.05) is 0 Å². The van der Waals surface area contributed by atoms with Crippen LogP contribution in [0.1, 0.15) is 54.0 Å². The summed E-state index contributed by atoms with van der Waals surface area (Å²) >= 11 is 0. The summed E-state index contributed by atoms with van der Waals surface area (Å²) in [5.41, 5.74) is 10.3. The Labute approximate surface area is 185 Å². The molecule has 156 valence electrons. The van der Waals surface area contributed by atoms with Crippen LogP contribution in [0.3, 0.4) is 0 Å². The summed E-state index contributed by atoms with van der Waals surface area (Å²) < 4.78 is 2.25. The first-order valence-corrected chi connectivity index (χ1v) is 11.5. The molecule has 2 nitrogen and oxygen atoms in total. The minimum atomic E-state index is 0.661. The molecule has 0 spiro atoms. The summed E-state index contributed by atoms with van der Waals surface area (Å²) in [6.45, 7) is 6.60. The van der Waals surface area contributed by atoms with E-state index in [9.17, 15) is 0 Å². The molecule has 2 heteroatoms. The van der Waals surface area contributed by atoms with E-state index in [1.165, 1.54) is 81.2 Å². The quantitative estimate of drug-likeness (QED) is 0.335. The van der Waals surface area contributed by atoms with E-state index in [2.05, 4.69) is 93.3 Å². The third-order valence-electron chi connectivity index (χ3n) is 7.07. The first-order valence-electron chi connectivity index (χ1n) is 11.5. The fourth-order valence-corrected chi connectivity index (χ4v) is 5.14. The molecule has 0 bridgehead atoms. The van der Waals surface area contributed by atoms with Crippen molar-refractivity contribution in [1.82, 2.24) is 4.98 Å². The van der Waals surface area contributed by atoms with Crippen molar-refractivity contribution in [3.63, 3.8) is 0 Å². The van der Waals surface area contributed by atoms with Crippen LogP contribution in [-0.2, 0) is 7.05 Å². The van der Waals surface area contributed by atoms with E-state index >= 15 is 0 Å². The Morgan fingerprint density at radius 1 is 0.839 bits per heavy atom. The maximum Gasteiger partial charge on any atom is 0.213 e. The molecule has 2 heterocycles. The number of pyridine rings is 2. The maximum atomic E-state index is 4.82. The minimum Gasteiger partial charge on any atom is -0.260 e. The van der Waals surface area contributed by atoms with Crippen molar-refractivity contribution in [3.05, 3.63) is 83.3 Å². The first kappa shape index (κ1) is 19.9. The number of hydrogen-bond acceptors (Lipinski definition) is 1. The number of benzene rings is 2. The Bertz CT molecular complexity index is 1260. The lowest BCUT2D eigenvalue weighted by molar-refractivity contribution is -0.659. The van der Waals surface area contributed by atoms with Gasteiger partial charge in [0.1, 0.15) is 7.05 Å². The SMILES string of the molecule is Cc1cc(C)c(C)c(-c2cc3cc(-c4ccc(C5CCCC5)nc4)ccc3c[n+]2C)c1. The molecule has 0 radical (unpaired) electrons. The van der Waals surface area contributed by atoms with Crippen molar-refractivity contribution in [1.29, 1.82) is 0 Å². The maximum absolute atomic E-state index is 4.82. The van der Waals surface area contributed by atoms with Crippen LogP contribution < -0.4 is 4.57 Å². The zero-order chi connectivity index (χ0) is 21.5. The summed E-state index contributed by atoms with van der Waals surface area (Å²) in [6, 6.07) is 18.2. The van der Waals surface area contributed by atoms with Gasteiger partial charge in [0.15, 0.2) is 6.20 Å². The summed E-state index contributed by atoms with van der Waals surface area (Å²) in [6.07, 6.45) is 9.58. The molecule has 1 aliphatic rings. The van der Waals surface area contributed by atoms with Gasteiger partial charge in [0.05, 0.1) is 0 Å². The van der Waals surface area contributed by atoms with Gasteiger partial charge in [-0.05, 0) is 80.0 Å². The van der Waals surface area contributed by atoms with Gasteiger partial charge in [-0.1, -0.05) is 36.6 Å². The number of aromatic nitrogens is 2. The number of aryl methyl sites for hydroxylation is 3. The van der Waals surface area contributed by atoms with Gasteiger partial charge in [0, 0.05) is 40.4 Å². The third kappa shape index (κ3) is 3.76. The second kappa shape index (κ2) is 7.92. The topological polar surface area (TPSA) is 16.8 Å². The van der Waals surface area contributed by atoms with Crippen LogP contribution >= 0.6 is 0 Å². The van der Waals surface area contributed by atoms with E-state index in [0.717, 1.165) is 0 Å². The zero-order valence-electron chi connectivity index (χ0n) is 19.1. The van der Waals surface area contributed by atoms with Crippen LogP contribution in [0.5, 0.6) is 0 Å². The van der Waals surface area contributed by atoms with Crippen LogP contribution in [0.4, 0.5) is 0 Å². The second-order valence-corrected chi connectivity index (χ2v) is 9.32. The average molecular weight is 408 g/mol. The standard InChI is InChI=1S/C29H31N2/c1-19-13-20(2)21(3)27(14-19)29-16-26-15-23(9-10-25(26)18-31(29)4)24-11-12-28(30-17-24)22-7-5-6-8-22/h9-18,22H,5-8H2,1-4H3/q+1. The third-order valence-corrected chi connectivity index (χ3v) is 7.07. The highest BCUT2D eigenvalue weighted by Crippen LogP contribution is 2.34. The fourth-order valence-electron chi connectivity index (χ4n) is 5.14. The monoisotopic (exact) mass is 407 g/mol. The predicted molar refractivity (Wildman–Crippen MR) is 129 cm³/mol. The molecule has 2 aromatic carbocycles. The van der Waals surface area contributed by atoms with E-state index < -0.39 is 0 Å². The van der Waals surface area contributed by atoms with E-state index in [1.54, 1.807) is 0 Å². The van der Waals surface area contributed by atoms with E-state index in [0.29, 0.717) is 5.92 Å². The Hall–Kier alpha value is -3.00. The van der Waals surface area contributed by atoms with Crippen LogP contribution in [0.2, 0.25) is 0 Å². The minimum absolute atomic E-state index is 0.661. The highest BCUT2D eigenvalue weighted by atomic mass is 14.9. The Balaban J connectivity index is 1.56. The van der Waals surface area contributed by atoms with Crippen LogP contribution in [-0.4, -0.2) is 4.98 Å². The van der Waals surface area contributed by atoms with Crippen molar-refractivity contribution in [2.24, 2.45) is 7.05 Å². The van der Waals surface area contributed by atoms with Gasteiger partial charge in [0.25, 0.3) is 0 Å². The van der Waals surface area contributed by atoms with Gasteiger partial charge < -0.3 is 0 Å². The smallest absolute Gasteiger partial charge is 0.213 e. The van der Waals surface area contributed by atoms with Crippen molar-refractivity contribution in [2.75, 3.05) is 0 Å². The van der Waals surface area contributed by atoms with Crippen molar-refractivity contribution >= 4 is 10.8 Å². The number of fused-ring (bicyclic) bond motifs is 1. The van der Waals surface area contributed by atoms with Gasteiger partial charge >= 0.3 is 0 Å². The van der Waals surface area contributed by atoms with Crippen molar-refractivity contribution < 1.29 is 4.57 Å². The molecule has 1 aliphatic carbocycles. The number of hydrogen-bond donors (Lipinski definition) is 0. The molecule has 0 amide bonds.